The Morgan fingerprint density at radius 1 is 1.10 bits per heavy atom. The normalized spacial score (nSPS) is 10.4. The molecule has 2 aromatic heterocycles. The molecule has 1 aromatic carbocycles. The topological polar surface area (TPSA) is 76.7 Å². The monoisotopic (exact) mass is 281 g/mol. The van der Waals surface area contributed by atoms with E-state index < -0.39 is 0 Å². The minimum Gasteiger partial charge on any atom is -0.388 e. The lowest BCUT2D eigenvalue weighted by atomic mass is 10.2. The third-order valence-corrected chi connectivity index (χ3v) is 2.98. The number of fused-ring (bicyclic) bond motifs is 1. The number of benzene rings is 1. The van der Waals surface area contributed by atoms with Crippen molar-refractivity contribution in [3.8, 4) is 0 Å². The number of thiocarbonyl (C=S) groups is 1. The van der Waals surface area contributed by atoms with Crippen LogP contribution in [0.4, 0.5) is 11.6 Å². The molecule has 0 amide bonds. The van der Waals surface area contributed by atoms with E-state index in [0.717, 1.165) is 16.6 Å². The van der Waals surface area contributed by atoms with E-state index >= 15 is 0 Å². The van der Waals surface area contributed by atoms with E-state index in [1.807, 2.05) is 30.3 Å². The van der Waals surface area contributed by atoms with Crippen molar-refractivity contribution in [2.45, 2.75) is 0 Å². The Morgan fingerprint density at radius 3 is 2.85 bits per heavy atom. The summed E-state index contributed by atoms with van der Waals surface area (Å²) in [5.74, 6) is 0.457. The Kier molecular flexibility index (Phi) is 3.22. The first kappa shape index (κ1) is 12.4. The predicted octanol–water partition coefficient (Wildman–Crippen LogP) is 2.40. The van der Waals surface area contributed by atoms with E-state index in [-0.39, 0.29) is 4.99 Å². The van der Waals surface area contributed by atoms with Gasteiger partial charge in [0.1, 0.15) is 10.7 Å². The lowest BCUT2D eigenvalue weighted by molar-refractivity contribution is 1.15. The number of pyridine rings is 1. The summed E-state index contributed by atoms with van der Waals surface area (Å²) in [4.78, 5) is 12.9. The van der Waals surface area contributed by atoms with Gasteiger partial charge in [-0.1, -0.05) is 18.3 Å². The van der Waals surface area contributed by atoms with Crippen LogP contribution < -0.4 is 11.1 Å². The fourth-order valence-corrected chi connectivity index (χ4v) is 1.95. The van der Waals surface area contributed by atoms with Crippen molar-refractivity contribution in [2.75, 3.05) is 5.32 Å². The molecule has 0 fully saturated rings. The van der Waals surface area contributed by atoms with Crippen LogP contribution >= 0.6 is 12.2 Å². The Balaban J connectivity index is 1.92. The largest absolute Gasteiger partial charge is 0.388 e. The summed E-state index contributed by atoms with van der Waals surface area (Å²) in [6.07, 6.45) is 3.39. The average molecular weight is 281 g/mol. The minimum atomic E-state index is 0.248. The molecule has 20 heavy (non-hydrogen) atoms. The Labute approximate surface area is 120 Å². The van der Waals surface area contributed by atoms with Crippen molar-refractivity contribution in [1.29, 1.82) is 0 Å². The zero-order valence-corrected chi connectivity index (χ0v) is 11.3. The van der Waals surface area contributed by atoms with Crippen LogP contribution in [-0.2, 0) is 0 Å². The molecule has 0 spiro atoms. The number of hydrogen-bond acceptors (Lipinski definition) is 5. The van der Waals surface area contributed by atoms with Crippen LogP contribution in [0.25, 0.3) is 10.9 Å². The van der Waals surface area contributed by atoms with Gasteiger partial charge in [0.2, 0.25) is 5.95 Å². The number of nitrogens with zero attached hydrogens (tertiary/aromatic N) is 3. The molecule has 0 atom stereocenters. The first-order valence-corrected chi connectivity index (χ1v) is 6.38. The zero-order chi connectivity index (χ0) is 13.9. The summed E-state index contributed by atoms with van der Waals surface area (Å²) in [5, 5.41) is 4.17. The second kappa shape index (κ2) is 5.18. The van der Waals surface area contributed by atoms with Crippen LogP contribution in [0.1, 0.15) is 5.69 Å². The highest BCUT2D eigenvalue weighted by atomic mass is 32.1. The highest BCUT2D eigenvalue weighted by molar-refractivity contribution is 7.80. The molecular formula is C14H11N5S. The average Bonchev–Trinajstić information content (AvgIpc) is 2.47. The molecule has 3 aromatic rings. The molecule has 2 heterocycles. The molecule has 5 nitrogen and oxygen atoms in total. The van der Waals surface area contributed by atoms with E-state index in [9.17, 15) is 0 Å². The van der Waals surface area contributed by atoms with E-state index in [1.54, 1.807) is 18.5 Å². The molecule has 0 radical (unpaired) electrons. The second-order valence-corrected chi connectivity index (χ2v) is 4.61. The van der Waals surface area contributed by atoms with Gasteiger partial charge in [-0.15, -0.1) is 0 Å². The SMILES string of the molecule is NC(=S)c1ccnc(Nc2ccc3ncccc3c2)n1. The third kappa shape index (κ3) is 2.55. The zero-order valence-electron chi connectivity index (χ0n) is 10.4. The van der Waals surface area contributed by atoms with Gasteiger partial charge < -0.3 is 11.1 Å². The standard InChI is InChI=1S/C14H11N5S/c15-13(20)12-5-7-17-14(19-12)18-10-3-4-11-9(8-10)2-1-6-16-11/h1-8H,(H2,15,20)(H,17,18,19). The molecule has 0 bridgehead atoms. The number of hydrogen-bond donors (Lipinski definition) is 2. The maximum atomic E-state index is 5.56. The molecular weight excluding hydrogens is 270 g/mol. The van der Waals surface area contributed by atoms with E-state index in [4.69, 9.17) is 18.0 Å². The van der Waals surface area contributed by atoms with Crippen LogP contribution in [0.15, 0.2) is 48.8 Å². The fraction of sp³-hybridized carbons (Fsp3) is 0. The second-order valence-electron chi connectivity index (χ2n) is 4.17. The molecule has 3 rings (SSSR count). The molecule has 98 valence electrons. The summed E-state index contributed by atoms with van der Waals surface area (Å²) < 4.78 is 0. The van der Waals surface area contributed by atoms with E-state index in [2.05, 4.69) is 20.3 Å². The van der Waals surface area contributed by atoms with Crippen LogP contribution in [0.5, 0.6) is 0 Å². The Hall–Kier alpha value is -2.60. The fourth-order valence-electron chi connectivity index (χ4n) is 1.84. The van der Waals surface area contributed by atoms with E-state index in [1.165, 1.54) is 0 Å². The van der Waals surface area contributed by atoms with Gasteiger partial charge in [0.05, 0.1) is 5.52 Å². The van der Waals surface area contributed by atoms with Gasteiger partial charge in [-0.3, -0.25) is 4.98 Å². The van der Waals surface area contributed by atoms with Gasteiger partial charge in [-0.2, -0.15) is 0 Å². The number of nitrogens with one attached hydrogen (secondary N) is 1. The predicted molar refractivity (Wildman–Crippen MR) is 82.9 cm³/mol. The number of nitrogens with two attached hydrogens (primary N) is 1. The number of aromatic nitrogens is 3. The molecule has 0 saturated heterocycles. The highest BCUT2D eigenvalue weighted by Gasteiger charge is 2.03. The Bertz CT molecular complexity index is 787. The molecule has 0 saturated carbocycles. The van der Waals surface area contributed by atoms with Crippen molar-refractivity contribution < 1.29 is 0 Å². The molecule has 0 unspecified atom stereocenters. The smallest absolute Gasteiger partial charge is 0.227 e. The highest BCUT2D eigenvalue weighted by Crippen LogP contribution is 2.19. The summed E-state index contributed by atoms with van der Waals surface area (Å²) in [7, 11) is 0. The van der Waals surface area contributed by atoms with Crippen LogP contribution in [0, 0.1) is 0 Å². The van der Waals surface area contributed by atoms with Crippen molar-refractivity contribution in [1.82, 2.24) is 15.0 Å². The number of rotatable bonds is 3. The summed E-state index contributed by atoms with van der Waals surface area (Å²) >= 11 is 4.90. The van der Waals surface area contributed by atoms with Gasteiger partial charge in [0.15, 0.2) is 0 Å². The van der Waals surface area contributed by atoms with E-state index in [0.29, 0.717) is 11.6 Å². The van der Waals surface area contributed by atoms with Gasteiger partial charge in [-0.25, -0.2) is 9.97 Å². The molecule has 3 N–H and O–H groups in total. The van der Waals surface area contributed by atoms with Gasteiger partial charge in [-0.05, 0) is 30.3 Å². The van der Waals surface area contributed by atoms with Gasteiger partial charge in [0.25, 0.3) is 0 Å². The molecule has 0 aliphatic carbocycles. The first-order chi connectivity index (χ1) is 9.72. The summed E-state index contributed by atoms with van der Waals surface area (Å²) in [6.45, 7) is 0. The molecule has 0 aliphatic heterocycles. The van der Waals surface area contributed by atoms with Crippen LogP contribution in [0.3, 0.4) is 0 Å². The Morgan fingerprint density at radius 2 is 2.00 bits per heavy atom. The third-order valence-electron chi connectivity index (χ3n) is 2.77. The van der Waals surface area contributed by atoms with Crippen molar-refractivity contribution in [3.63, 3.8) is 0 Å². The number of anilines is 2. The molecule has 6 heteroatoms. The van der Waals surface area contributed by atoms with Gasteiger partial charge >= 0.3 is 0 Å². The van der Waals surface area contributed by atoms with Crippen molar-refractivity contribution in [3.05, 3.63) is 54.5 Å². The lowest BCUT2D eigenvalue weighted by Crippen LogP contribution is -2.12. The minimum absolute atomic E-state index is 0.248. The van der Waals surface area contributed by atoms with Crippen molar-refractivity contribution >= 4 is 39.7 Å². The van der Waals surface area contributed by atoms with Crippen LogP contribution in [-0.4, -0.2) is 19.9 Å². The quantitative estimate of drug-likeness (QED) is 0.718. The van der Waals surface area contributed by atoms with Gasteiger partial charge in [0, 0.05) is 23.5 Å². The van der Waals surface area contributed by atoms with Crippen LogP contribution in [0.2, 0.25) is 0 Å². The summed E-state index contributed by atoms with van der Waals surface area (Å²) in [6, 6.07) is 11.4. The molecule has 0 aliphatic rings. The van der Waals surface area contributed by atoms with Crippen molar-refractivity contribution in [2.24, 2.45) is 5.73 Å². The lowest BCUT2D eigenvalue weighted by Gasteiger charge is -2.06. The maximum absolute atomic E-state index is 5.56. The first-order valence-electron chi connectivity index (χ1n) is 5.97. The maximum Gasteiger partial charge on any atom is 0.227 e. The summed E-state index contributed by atoms with van der Waals surface area (Å²) in [5.41, 5.74) is 7.92.